The third-order valence-corrected chi connectivity index (χ3v) is 11.6. The van der Waals surface area contributed by atoms with E-state index in [4.69, 9.17) is 9.47 Å². The lowest BCUT2D eigenvalue weighted by molar-refractivity contribution is -0.155. The number of hydrogen-bond donors (Lipinski definition) is 2. The standard InChI is InChI=1S/C28H38O6/c1-14-11-21(33-25(32)17(14)13-29)15(2)18-5-6-19-16-12-24-28(34-24)23(31)8-7-22(30)27(28,4)20(16)9-10-26(18,19)3/h7-8,15-16,18-21,23-24,29,31H,5-6,9-13H2,1-4H3/t15-,16-,18+,19-,20?,21+,23-,24+,26+,27-,28+/m0/s1. The van der Waals surface area contributed by atoms with Crippen LogP contribution < -0.4 is 0 Å². The Morgan fingerprint density at radius 1 is 1.18 bits per heavy atom. The van der Waals surface area contributed by atoms with Gasteiger partial charge < -0.3 is 19.7 Å². The van der Waals surface area contributed by atoms with Gasteiger partial charge in [0.25, 0.3) is 0 Å². The fourth-order valence-electron chi connectivity index (χ4n) is 9.69. The Bertz CT molecular complexity index is 999. The van der Waals surface area contributed by atoms with E-state index < -0.39 is 17.1 Å². The zero-order chi connectivity index (χ0) is 24.2. The highest BCUT2D eigenvalue weighted by atomic mass is 16.6. The molecule has 0 aromatic rings. The van der Waals surface area contributed by atoms with Gasteiger partial charge >= 0.3 is 5.97 Å². The number of rotatable bonds is 3. The molecule has 4 aliphatic carbocycles. The summed E-state index contributed by atoms with van der Waals surface area (Å²) in [5, 5.41) is 20.4. The number of carbonyl (C=O) groups excluding carboxylic acids is 2. The molecule has 0 aromatic carbocycles. The van der Waals surface area contributed by atoms with Gasteiger partial charge in [0.2, 0.25) is 0 Å². The highest BCUT2D eigenvalue weighted by molar-refractivity contribution is 5.98. The van der Waals surface area contributed by atoms with Gasteiger partial charge in [0.1, 0.15) is 17.8 Å². The molecule has 186 valence electrons. The molecule has 34 heavy (non-hydrogen) atoms. The van der Waals surface area contributed by atoms with Crippen molar-refractivity contribution in [2.45, 2.75) is 90.1 Å². The average Bonchev–Trinajstić information content (AvgIpc) is 3.43. The summed E-state index contributed by atoms with van der Waals surface area (Å²) in [6.45, 7) is 8.41. The molecule has 6 nitrogen and oxygen atoms in total. The molecule has 1 saturated heterocycles. The second-order valence-electron chi connectivity index (χ2n) is 12.5. The monoisotopic (exact) mass is 470 g/mol. The zero-order valence-corrected chi connectivity index (χ0v) is 20.8. The maximum Gasteiger partial charge on any atom is 0.336 e. The van der Waals surface area contributed by atoms with Gasteiger partial charge in [-0.1, -0.05) is 19.4 Å². The van der Waals surface area contributed by atoms with Crippen molar-refractivity contribution in [2.75, 3.05) is 6.61 Å². The van der Waals surface area contributed by atoms with Crippen LogP contribution in [-0.2, 0) is 19.1 Å². The Morgan fingerprint density at radius 3 is 2.65 bits per heavy atom. The van der Waals surface area contributed by atoms with Crippen LogP contribution in [0, 0.1) is 40.4 Å². The molecular weight excluding hydrogens is 432 g/mol. The number of allylic oxidation sites excluding steroid dienone is 1. The minimum Gasteiger partial charge on any atom is -0.458 e. The van der Waals surface area contributed by atoms with E-state index in [2.05, 4.69) is 20.8 Å². The van der Waals surface area contributed by atoms with E-state index in [1.807, 2.05) is 6.92 Å². The number of aliphatic hydroxyl groups is 2. The van der Waals surface area contributed by atoms with Crippen LogP contribution in [0.1, 0.15) is 66.2 Å². The second-order valence-corrected chi connectivity index (χ2v) is 12.5. The molecule has 11 atom stereocenters. The van der Waals surface area contributed by atoms with Gasteiger partial charge in [-0.3, -0.25) is 4.79 Å². The lowest BCUT2D eigenvalue weighted by atomic mass is 9.44. The molecule has 0 amide bonds. The average molecular weight is 471 g/mol. The predicted octanol–water partition coefficient (Wildman–Crippen LogP) is 3.35. The summed E-state index contributed by atoms with van der Waals surface area (Å²) in [5.74, 6) is 1.61. The molecule has 6 heteroatoms. The Kier molecular flexibility index (Phi) is 4.90. The number of aliphatic hydroxyl groups excluding tert-OH is 2. The molecule has 0 aromatic heterocycles. The van der Waals surface area contributed by atoms with Crippen LogP contribution in [0.5, 0.6) is 0 Å². The first-order chi connectivity index (χ1) is 16.1. The number of ether oxygens (including phenoxy) is 2. The fourth-order valence-corrected chi connectivity index (χ4v) is 9.69. The fraction of sp³-hybridized carbons (Fsp3) is 0.786. The van der Waals surface area contributed by atoms with Crippen LogP contribution in [-0.4, -0.2) is 52.5 Å². The number of hydrogen-bond acceptors (Lipinski definition) is 6. The third kappa shape index (κ3) is 2.63. The lowest BCUT2D eigenvalue weighted by Gasteiger charge is -2.58. The summed E-state index contributed by atoms with van der Waals surface area (Å²) in [5.41, 5.74) is 0.129. The first-order valence-corrected chi connectivity index (χ1v) is 13.2. The van der Waals surface area contributed by atoms with Crippen LogP contribution in [0.2, 0.25) is 0 Å². The molecule has 3 saturated carbocycles. The van der Waals surface area contributed by atoms with Crippen LogP contribution in [0.15, 0.2) is 23.3 Å². The summed E-state index contributed by atoms with van der Waals surface area (Å²) in [6, 6.07) is 0. The summed E-state index contributed by atoms with van der Waals surface area (Å²) >= 11 is 0. The highest BCUT2D eigenvalue weighted by Gasteiger charge is 2.80. The summed E-state index contributed by atoms with van der Waals surface area (Å²) in [4.78, 5) is 25.8. The molecule has 0 bridgehead atoms. The molecule has 4 fully saturated rings. The van der Waals surface area contributed by atoms with Crippen molar-refractivity contribution in [3.05, 3.63) is 23.3 Å². The van der Waals surface area contributed by atoms with Gasteiger partial charge in [0, 0.05) is 6.42 Å². The van der Waals surface area contributed by atoms with Crippen molar-refractivity contribution in [1.29, 1.82) is 0 Å². The topological polar surface area (TPSA) is 96.4 Å². The maximum atomic E-state index is 13.3. The van der Waals surface area contributed by atoms with Gasteiger partial charge in [-0.05, 0) is 93.1 Å². The Morgan fingerprint density at radius 2 is 1.94 bits per heavy atom. The third-order valence-electron chi connectivity index (χ3n) is 11.6. The van der Waals surface area contributed by atoms with E-state index in [0.717, 1.165) is 37.7 Å². The number of carbonyl (C=O) groups is 2. The quantitative estimate of drug-likeness (QED) is 0.485. The predicted molar refractivity (Wildman–Crippen MR) is 124 cm³/mol. The molecule has 6 rings (SSSR count). The normalized spacial score (nSPS) is 52.4. The lowest BCUT2D eigenvalue weighted by Crippen LogP contribution is -2.63. The SMILES string of the molecule is CC1=C(CO)C(=O)O[C@@H]([C@@H](C)[C@H]2CC[C@H]3[C@@H]4C[C@H]5O[C@]56[C@@H](O)C=CC(=O)[C@]6(C)C4CC[C@]23C)C1. The van der Waals surface area contributed by atoms with E-state index in [9.17, 15) is 19.8 Å². The maximum absolute atomic E-state index is 13.3. The first-order valence-electron chi connectivity index (χ1n) is 13.2. The van der Waals surface area contributed by atoms with Crippen LogP contribution in [0.3, 0.4) is 0 Å². The molecule has 2 heterocycles. The largest absolute Gasteiger partial charge is 0.458 e. The van der Waals surface area contributed by atoms with Crippen LogP contribution >= 0.6 is 0 Å². The zero-order valence-electron chi connectivity index (χ0n) is 20.8. The Hall–Kier alpha value is -1.50. The first kappa shape index (κ1) is 22.9. The second kappa shape index (κ2) is 7.27. The van der Waals surface area contributed by atoms with Gasteiger partial charge in [0.05, 0.1) is 23.7 Å². The smallest absolute Gasteiger partial charge is 0.336 e. The van der Waals surface area contributed by atoms with E-state index >= 15 is 0 Å². The highest BCUT2D eigenvalue weighted by Crippen LogP contribution is 2.73. The van der Waals surface area contributed by atoms with Crippen LogP contribution in [0.25, 0.3) is 0 Å². The number of esters is 1. The summed E-state index contributed by atoms with van der Waals surface area (Å²) in [6.07, 6.45) is 8.23. The van der Waals surface area contributed by atoms with E-state index in [1.54, 1.807) is 12.2 Å². The van der Waals surface area contributed by atoms with Crippen molar-refractivity contribution in [1.82, 2.24) is 0 Å². The molecule has 2 aliphatic heterocycles. The molecular formula is C28H38O6. The van der Waals surface area contributed by atoms with Gasteiger partial charge in [0.15, 0.2) is 5.78 Å². The van der Waals surface area contributed by atoms with Crippen molar-refractivity contribution >= 4 is 11.8 Å². The van der Waals surface area contributed by atoms with E-state index in [1.165, 1.54) is 0 Å². The van der Waals surface area contributed by atoms with Crippen molar-refractivity contribution < 1.29 is 29.3 Å². The van der Waals surface area contributed by atoms with Gasteiger partial charge in [-0.15, -0.1) is 0 Å². The molecule has 1 spiro atoms. The summed E-state index contributed by atoms with van der Waals surface area (Å²) < 4.78 is 12.1. The van der Waals surface area contributed by atoms with Crippen LogP contribution in [0.4, 0.5) is 0 Å². The van der Waals surface area contributed by atoms with E-state index in [0.29, 0.717) is 29.7 Å². The molecule has 6 aliphatic rings. The minimum atomic E-state index is -0.719. The molecule has 2 N–H and O–H groups in total. The van der Waals surface area contributed by atoms with Crippen molar-refractivity contribution in [3.63, 3.8) is 0 Å². The van der Waals surface area contributed by atoms with Gasteiger partial charge in [-0.2, -0.15) is 0 Å². The minimum absolute atomic E-state index is 0.0366. The molecule has 1 unspecified atom stereocenters. The van der Waals surface area contributed by atoms with Crippen molar-refractivity contribution in [3.8, 4) is 0 Å². The van der Waals surface area contributed by atoms with E-state index in [-0.39, 0.29) is 47.8 Å². The number of ketones is 1. The molecule has 0 radical (unpaired) electrons. The van der Waals surface area contributed by atoms with Gasteiger partial charge in [-0.25, -0.2) is 4.79 Å². The number of cyclic esters (lactones) is 1. The Balaban J connectivity index is 1.27. The number of epoxide rings is 1. The van der Waals surface area contributed by atoms with Crippen molar-refractivity contribution in [2.24, 2.45) is 40.4 Å². The Labute approximate surface area is 201 Å². The summed E-state index contributed by atoms with van der Waals surface area (Å²) in [7, 11) is 0. The number of fused-ring (bicyclic) bond motifs is 4.